The van der Waals surface area contributed by atoms with Gasteiger partial charge in [0, 0.05) is 19.6 Å². The van der Waals surface area contributed by atoms with Crippen molar-refractivity contribution in [2.24, 2.45) is 0 Å². The number of carbonyl (C=O) groups is 1. The van der Waals surface area contributed by atoms with Crippen LogP contribution in [0.25, 0.3) is 0 Å². The molecule has 2 aliphatic rings. The average Bonchev–Trinajstić information content (AvgIpc) is 3.30. The summed E-state index contributed by atoms with van der Waals surface area (Å²) in [5, 5.41) is 3.13. The highest BCUT2D eigenvalue weighted by atomic mass is 16.6. The van der Waals surface area contributed by atoms with Crippen LogP contribution in [-0.2, 0) is 9.53 Å². The monoisotopic (exact) mass is 450 g/mol. The van der Waals surface area contributed by atoms with E-state index in [0.717, 1.165) is 42.7 Å². The van der Waals surface area contributed by atoms with Crippen molar-refractivity contribution in [2.45, 2.75) is 71.3 Å². The van der Waals surface area contributed by atoms with Gasteiger partial charge in [-0.3, -0.25) is 0 Å². The first-order valence-electron chi connectivity index (χ1n) is 12.4. The topological polar surface area (TPSA) is 60.0 Å². The molecule has 1 fully saturated rings. The molecule has 3 rings (SSSR count). The minimum atomic E-state index is 0.0563. The molecular formula is C26H46N2O4. The Hall–Kier alpha value is -1.63. The Balaban J connectivity index is 0.000000285. The van der Waals surface area contributed by atoms with E-state index in [1.165, 1.54) is 51.6 Å². The number of unbranched alkanes of at least 4 members (excludes halogenated alkanes) is 5. The summed E-state index contributed by atoms with van der Waals surface area (Å²) in [5.41, 5.74) is 1.12. The number of hydrogen-bond acceptors (Lipinski definition) is 6. The number of nitrogens with zero attached hydrogens (tertiary/aromatic N) is 1. The summed E-state index contributed by atoms with van der Waals surface area (Å²) >= 11 is 0. The summed E-state index contributed by atoms with van der Waals surface area (Å²) in [5.74, 6) is 1.63. The molecule has 0 aromatic heterocycles. The highest BCUT2D eigenvalue weighted by Gasteiger charge is 2.16. The number of hydrogen-bond donors (Lipinski definition) is 1. The number of fused-ring (bicyclic) bond motifs is 1. The van der Waals surface area contributed by atoms with Crippen molar-refractivity contribution in [1.29, 1.82) is 0 Å². The second-order valence-corrected chi connectivity index (χ2v) is 8.28. The quantitative estimate of drug-likeness (QED) is 0.378. The van der Waals surface area contributed by atoms with Crippen LogP contribution in [0.5, 0.6) is 11.5 Å². The maximum absolute atomic E-state index is 9.84. The van der Waals surface area contributed by atoms with E-state index in [4.69, 9.17) is 14.2 Å². The summed E-state index contributed by atoms with van der Waals surface area (Å²) in [7, 11) is 4.09. The van der Waals surface area contributed by atoms with E-state index in [2.05, 4.69) is 24.2 Å². The van der Waals surface area contributed by atoms with Crippen LogP contribution < -0.4 is 14.8 Å². The summed E-state index contributed by atoms with van der Waals surface area (Å²) < 4.78 is 16.8. The van der Waals surface area contributed by atoms with Crippen molar-refractivity contribution in [3.63, 3.8) is 0 Å². The Morgan fingerprint density at radius 1 is 1.06 bits per heavy atom. The van der Waals surface area contributed by atoms with Gasteiger partial charge in [-0.1, -0.05) is 38.7 Å². The number of likely N-dealkylation sites (tertiary alicyclic amines) is 1. The number of rotatable bonds is 11. The fourth-order valence-corrected chi connectivity index (χ4v) is 3.63. The van der Waals surface area contributed by atoms with Crippen LogP contribution in [0, 0.1) is 0 Å². The zero-order chi connectivity index (χ0) is 23.4. The Labute approximate surface area is 196 Å². The second kappa shape index (κ2) is 18.9. The lowest BCUT2D eigenvalue weighted by molar-refractivity contribution is -0.107. The third-order valence-electron chi connectivity index (χ3n) is 5.45. The Bertz CT molecular complexity index is 585. The van der Waals surface area contributed by atoms with Gasteiger partial charge >= 0.3 is 0 Å². The number of nitrogens with one attached hydrogen (secondary N) is 1. The fraction of sp³-hybridized carbons (Fsp3) is 0.731. The predicted molar refractivity (Wildman–Crippen MR) is 132 cm³/mol. The van der Waals surface area contributed by atoms with E-state index < -0.39 is 0 Å². The van der Waals surface area contributed by atoms with E-state index in [1.54, 1.807) is 0 Å². The van der Waals surface area contributed by atoms with Gasteiger partial charge in [-0.25, -0.2) is 0 Å². The first-order chi connectivity index (χ1) is 15.7. The summed E-state index contributed by atoms with van der Waals surface area (Å²) in [4.78, 5) is 12.2. The zero-order valence-corrected chi connectivity index (χ0v) is 20.9. The minimum Gasteiger partial charge on any atom is -0.486 e. The maximum atomic E-state index is 9.84. The van der Waals surface area contributed by atoms with Crippen LogP contribution in [0.2, 0.25) is 0 Å². The van der Waals surface area contributed by atoms with Crippen molar-refractivity contribution in [3.8, 4) is 11.5 Å². The van der Waals surface area contributed by atoms with Crippen LogP contribution >= 0.6 is 0 Å². The maximum Gasteiger partial charge on any atom is 0.161 e. The van der Waals surface area contributed by atoms with Gasteiger partial charge in [0.1, 0.15) is 19.5 Å². The predicted octanol–water partition coefficient (Wildman–Crippen LogP) is 5.01. The van der Waals surface area contributed by atoms with E-state index in [1.807, 2.05) is 32.2 Å². The van der Waals surface area contributed by atoms with Gasteiger partial charge in [-0.05, 0) is 71.1 Å². The smallest absolute Gasteiger partial charge is 0.161 e. The lowest BCUT2D eigenvalue weighted by atomic mass is 10.1. The molecule has 32 heavy (non-hydrogen) atoms. The van der Waals surface area contributed by atoms with Crippen molar-refractivity contribution < 1.29 is 19.0 Å². The number of likely N-dealkylation sites (N-methyl/N-ethyl adjacent to an activating group) is 1. The molecule has 0 radical (unpaired) electrons. The number of carbonyl (C=O) groups excluding carboxylic acids is 1. The van der Waals surface area contributed by atoms with Crippen LogP contribution in [0.15, 0.2) is 18.2 Å². The minimum absolute atomic E-state index is 0.0563. The van der Waals surface area contributed by atoms with Gasteiger partial charge in [0.2, 0.25) is 0 Å². The SMILES string of the molecule is CCCCCCCC=O.CCOC(CNC)c1ccc2c(c1)OCCO2.CN1CCCC1. The molecule has 2 aliphatic heterocycles. The molecule has 2 heterocycles. The van der Waals surface area contributed by atoms with Crippen molar-refractivity contribution in [2.75, 3.05) is 53.6 Å². The molecule has 0 saturated carbocycles. The number of benzene rings is 1. The molecule has 6 heteroatoms. The lowest BCUT2D eigenvalue weighted by Gasteiger charge is -2.22. The standard InChI is InChI=1S/C13H19NO3.C8H16O.C5H11N/c1-3-15-13(9-14-2)10-4-5-11-12(8-10)17-7-6-16-11;1-2-3-4-5-6-7-8-9;1-6-4-2-3-5-6/h4-5,8,13-14H,3,6-7,9H2,1-2H3;8H,2-7H2,1H3;2-5H2,1H3. The van der Waals surface area contributed by atoms with Gasteiger partial charge in [0.05, 0.1) is 6.10 Å². The van der Waals surface area contributed by atoms with E-state index in [9.17, 15) is 4.79 Å². The van der Waals surface area contributed by atoms with Crippen molar-refractivity contribution in [3.05, 3.63) is 23.8 Å². The van der Waals surface area contributed by atoms with Crippen LogP contribution in [0.1, 0.15) is 76.9 Å². The van der Waals surface area contributed by atoms with E-state index >= 15 is 0 Å². The lowest BCUT2D eigenvalue weighted by Crippen LogP contribution is -2.20. The second-order valence-electron chi connectivity index (χ2n) is 8.28. The summed E-state index contributed by atoms with van der Waals surface area (Å²) in [6, 6.07) is 5.99. The van der Waals surface area contributed by atoms with Gasteiger partial charge in [0.25, 0.3) is 0 Å². The Kier molecular flexibility index (Phi) is 16.8. The molecule has 1 aromatic rings. The Morgan fingerprint density at radius 2 is 1.75 bits per heavy atom. The normalized spacial score (nSPS) is 15.8. The van der Waals surface area contributed by atoms with Crippen molar-refractivity contribution in [1.82, 2.24) is 10.2 Å². The molecule has 1 atom stereocenters. The molecule has 1 unspecified atom stereocenters. The molecular weight excluding hydrogens is 404 g/mol. The Morgan fingerprint density at radius 3 is 2.31 bits per heavy atom. The number of aldehydes is 1. The molecule has 1 aromatic carbocycles. The highest BCUT2D eigenvalue weighted by molar-refractivity contribution is 5.48. The van der Waals surface area contributed by atoms with E-state index in [0.29, 0.717) is 19.8 Å². The third kappa shape index (κ3) is 12.4. The first-order valence-corrected chi connectivity index (χ1v) is 12.4. The number of ether oxygens (including phenoxy) is 3. The van der Waals surface area contributed by atoms with Gasteiger partial charge in [0.15, 0.2) is 11.5 Å². The van der Waals surface area contributed by atoms with Gasteiger partial charge in [-0.2, -0.15) is 0 Å². The average molecular weight is 451 g/mol. The molecule has 0 bridgehead atoms. The van der Waals surface area contributed by atoms with Crippen molar-refractivity contribution >= 4 is 6.29 Å². The van der Waals surface area contributed by atoms with Crippen LogP contribution in [0.3, 0.4) is 0 Å². The fourth-order valence-electron chi connectivity index (χ4n) is 3.63. The van der Waals surface area contributed by atoms with E-state index in [-0.39, 0.29) is 6.10 Å². The molecule has 0 aliphatic carbocycles. The van der Waals surface area contributed by atoms with Gasteiger partial charge < -0.3 is 29.2 Å². The third-order valence-corrected chi connectivity index (χ3v) is 5.45. The van der Waals surface area contributed by atoms with Crippen LogP contribution in [-0.4, -0.2) is 64.7 Å². The molecule has 1 N–H and O–H groups in total. The summed E-state index contributed by atoms with van der Waals surface area (Å²) in [6.45, 7) is 9.55. The highest BCUT2D eigenvalue weighted by Crippen LogP contribution is 2.33. The van der Waals surface area contributed by atoms with Gasteiger partial charge in [-0.15, -0.1) is 0 Å². The van der Waals surface area contributed by atoms with Crippen LogP contribution in [0.4, 0.5) is 0 Å². The molecule has 6 nitrogen and oxygen atoms in total. The zero-order valence-electron chi connectivity index (χ0n) is 20.9. The first kappa shape index (κ1) is 28.4. The molecule has 0 spiro atoms. The largest absolute Gasteiger partial charge is 0.486 e. The summed E-state index contributed by atoms with van der Waals surface area (Å²) in [6.07, 6.45) is 10.9. The molecule has 184 valence electrons. The molecule has 0 amide bonds. The molecule has 1 saturated heterocycles.